The zero-order valence-corrected chi connectivity index (χ0v) is 12.4. The summed E-state index contributed by atoms with van der Waals surface area (Å²) in [5, 5.41) is 3.49. The maximum atomic E-state index is 3.49. The maximum absolute atomic E-state index is 3.49. The van der Waals surface area contributed by atoms with E-state index >= 15 is 0 Å². The summed E-state index contributed by atoms with van der Waals surface area (Å²) in [4.78, 5) is 2.66. The van der Waals surface area contributed by atoms with Crippen LogP contribution in [0, 0.1) is 12.8 Å². The number of aryl methyl sites for hydroxylation is 1. The van der Waals surface area contributed by atoms with E-state index in [0.717, 1.165) is 18.5 Å². The average molecular weight is 258 g/mol. The first-order valence-corrected chi connectivity index (χ1v) is 7.73. The third-order valence-corrected chi connectivity index (χ3v) is 4.69. The van der Waals surface area contributed by atoms with Crippen LogP contribution in [0.5, 0.6) is 0 Å². The van der Waals surface area contributed by atoms with E-state index in [0.29, 0.717) is 6.04 Å². The first-order valence-electron chi connectivity index (χ1n) is 7.73. The molecule has 0 spiro atoms. The van der Waals surface area contributed by atoms with Gasteiger partial charge in [0.2, 0.25) is 0 Å². The second kappa shape index (κ2) is 5.16. The van der Waals surface area contributed by atoms with Crippen molar-refractivity contribution in [1.29, 1.82) is 0 Å². The Kier molecular flexibility index (Phi) is 3.53. The molecule has 2 fully saturated rings. The predicted octanol–water partition coefficient (Wildman–Crippen LogP) is 3.48. The lowest BCUT2D eigenvalue weighted by molar-refractivity contribution is 0.553. The van der Waals surface area contributed by atoms with Crippen LogP contribution in [0.4, 0.5) is 5.69 Å². The van der Waals surface area contributed by atoms with Gasteiger partial charge < -0.3 is 10.2 Å². The molecule has 2 bridgehead atoms. The molecule has 2 nitrogen and oxygen atoms in total. The number of fused-ring (bicyclic) bond motifs is 2. The van der Waals surface area contributed by atoms with Gasteiger partial charge in [-0.3, -0.25) is 0 Å². The Morgan fingerprint density at radius 1 is 1.32 bits per heavy atom. The molecule has 1 saturated carbocycles. The number of piperidine rings is 1. The van der Waals surface area contributed by atoms with E-state index in [2.05, 4.69) is 49.2 Å². The van der Waals surface area contributed by atoms with Crippen molar-refractivity contribution in [2.45, 2.75) is 58.7 Å². The highest BCUT2D eigenvalue weighted by molar-refractivity contribution is 5.56. The maximum Gasteiger partial charge on any atom is 0.0398 e. The van der Waals surface area contributed by atoms with Crippen LogP contribution in [-0.4, -0.2) is 18.6 Å². The van der Waals surface area contributed by atoms with Crippen LogP contribution < -0.4 is 10.2 Å². The van der Waals surface area contributed by atoms with Crippen molar-refractivity contribution in [2.24, 2.45) is 5.92 Å². The molecular formula is C17H26N2. The van der Waals surface area contributed by atoms with Crippen LogP contribution in [0.25, 0.3) is 0 Å². The standard InChI is InChI=1S/C17H26N2/c1-12(2)18-10-14-5-7-17(13(3)8-14)19-11-15-4-6-16(19)9-15/h5,7-8,12,15-16,18H,4,6,9-11H2,1-3H3. The molecule has 104 valence electrons. The van der Waals surface area contributed by atoms with Gasteiger partial charge >= 0.3 is 0 Å². The minimum Gasteiger partial charge on any atom is -0.368 e. The molecule has 3 rings (SSSR count). The molecule has 0 aromatic heterocycles. The minimum atomic E-state index is 0.550. The van der Waals surface area contributed by atoms with Gasteiger partial charge in [-0.15, -0.1) is 0 Å². The summed E-state index contributed by atoms with van der Waals surface area (Å²) in [6.45, 7) is 8.92. The van der Waals surface area contributed by atoms with Crippen LogP contribution in [0.1, 0.15) is 44.2 Å². The number of nitrogens with one attached hydrogen (secondary N) is 1. The van der Waals surface area contributed by atoms with E-state index in [1.807, 2.05) is 0 Å². The van der Waals surface area contributed by atoms with Crippen LogP contribution in [0.15, 0.2) is 18.2 Å². The van der Waals surface area contributed by atoms with Gasteiger partial charge in [0.25, 0.3) is 0 Å². The van der Waals surface area contributed by atoms with E-state index in [-0.39, 0.29) is 0 Å². The highest BCUT2D eigenvalue weighted by Crippen LogP contribution is 2.41. The third kappa shape index (κ3) is 2.64. The number of anilines is 1. The molecule has 0 radical (unpaired) electrons. The van der Waals surface area contributed by atoms with Crippen molar-refractivity contribution in [3.63, 3.8) is 0 Å². The molecule has 2 unspecified atom stereocenters. The Morgan fingerprint density at radius 3 is 2.74 bits per heavy atom. The molecule has 2 aliphatic rings. The lowest BCUT2D eigenvalue weighted by Gasteiger charge is -2.30. The van der Waals surface area contributed by atoms with E-state index in [1.54, 1.807) is 0 Å². The Labute approximate surface area is 117 Å². The first-order chi connectivity index (χ1) is 9.13. The van der Waals surface area contributed by atoms with Gasteiger partial charge in [-0.1, -0.05) is 26.0 Å². The van der Waals surface area contributed by atoms with Crippen LogP contribution in [0.3, 0.4) is 0 Å². The topological polar surface area (TPSA) is 15.3 Å². The molecule has 1 aliphatic carbocycles. The van der Waals surface area contributed by atoms with Gasteiger partial charge in [0.15, 0.2) is 0 Å². The monoisotopic (exact) mass is 258 g/mol. The zero-order valence-electron chi connectivity index (χ0n) is 12.4. The van der Waals surface area contributed by atoms with Crippen LogP contribution in [-0.2, 0) is 6.54 Å². The van der Waals surface area contributed by atoms with Gasteiger partial charge in [-0.2, -0.15) is 0 Å². The SMILES string of the molecule is Cc1cc(CNC(C)C)ccc1N1CC2CCC1C2. The molecule has 1 N–H and O–H groups in total. The van der Waals surface area contributed by atoms with Crippen molar-refractivity contribution in [1.82, 2.24) is 5.32 Å². The molecule has 2 heteroatoms. The summed E-state index contributed by atoms with van der Waals surface area (Å²) in [5.41, 5.74) is 4.32. The second-order valence-electron chi connectivity index (χ2n) is 6.64. The summed E-state index contributed by atoms with van der Waals surface area (Å²) in [6.07, 6.45) is 4.29. The lowest BCUT2D eigenvalue weighted by atomic mass is 10.1. The Bertz CT molecular complexity index is 453. The minimum absolute atomic E-state index is 0.550. The molecule has 19 heavy (non-hydrogen) atoms. The quantitative estimate of drug-likeness (QED) is 0.889. The number of nitrogens with zero attached hydrogens (tertiary/aromatic N) is 1. The number of rotatable bonds is 4. The zero-order chi connectivity index (χ0) is 13.4. The number of hydrogen-bond donors (Lipinski definition) is 1. The fourth-order valence-electron chi connectivity index (χ4n) is 3.69. The molecular weight excluding hydrogens is 232 g/mol. The molecule has 1 saturated heterocycles. The fourth-order valence-corrected chi connectivity index (χ4v) is 3.69. The van der Waals surface area contributed by atoms with E-state index in [4.69, 9.17) is 0 Å². The van der Waals surface area contributed by atoms with Crippen LogP contribution >= 0.6 is 0 Å². The first kappa shape index (κ1) is 13.0. The summed E-state index contributed by atoms with van der Waals surface area (Å²) >= 11 is 0. The van der Waals surface area contributed by atoms with Gasteiger partial charge in [-0.05, 0) is 49.3 Å². The largest absolute Gasteiger partial charge is 0.368 e. The van der Waals surface area contributed by atoms with Crippen LogP contribution in [0.2, 0.25) is 0 Å². The van der Waals surface area contributed by atoms with Crippen molar-refractivity contribution < 1.29 is 0 Å². The molecule has 1 aliphatic heterocycles. The van der Waals surface area contributed by atoms with E-state index in [9.17, 15) is 0 Å². The van der Waals surface area contributed by atoms with Gasteiger partial charge in [0, 0.05) is 30.9 Å². The van der Waals surface area contributed by atoms with Gasteiger partial charge in [0.1, 0.15) is 0 Å². The predicted molar refractivity (Wildman–Crippen MR) is 81.6 cm³/mol. The fraction of sp³-hybridized carbons (Fsp3) is 0.647. The van der Waals surface area contributed by atoms with Gasteiger partial charge in [0.05, 0.1) is 0 Å². The number of hydrogen-bond acceptors (Lipinski definition) is 2. The molecule has 0 amide bonds. The Morgan fingerprint density at radius 2 is 2.16 bits per heavy atom. The van der Waals surface area contributed by atoms with E-state index in [1.165, 1.54) is 42.6 Å². The molecule has 2 atom stereocenters. The van der Waals surface area contributed by atoms with E-state index < -0.39 is 0 Å². The Hall–Kier alpha value is -1.02. The van der Waals surface area contributed by atoms with Gasteiger partial charge in [-0.25, -0.2) is 0 Å². The van der Waals surface area contributed by atoms with Crippen molar-refractivity contribution >= 4 is 5.69 Å². The Balaban J connectivity index is 1.73. The number of benzene rings is 1. The third-order valence-electron chi connectivity index (χ3n) is 4.69. The second-order valence-corrected chi connectivity index (χ2v) is 6.64. The van der Waals surface area contributed by atoms with Crippen molar-refractivity contribution in [2.75, 3.05) is 11.4 Å². The highest BCUT2D eigenvalue weighted by atomic mass is 15.2. The van der Waals surface area contributed by atoms with Crippen molar-refractivity contribution in [3.05, 3.63) is 29.3 Å². The van der Waals surface area contributed by atoms with Crippen molar-refractivity contribution in [3.8, 4) is 0 Å². The summed E-state index contributed by atoms with van der Waals surface area (Å²) in [6, 6.07) is 8.37. The summed E-state index contributed by atoms with van der Waals surface area (Å²) in [5.74, 6) is 0.965. The molecule has 1 aromatic rings. The normalized spacial score (nSPS) is 25.6. The summed E-state index contributed by atoms with van der Waals surface area (Å²) in [7, 11) is 0. The smallest absolute Gasteiger partial charge is 0.0398 e. The molecule has 1 heterocycles. The lowest BCUT2D eigenvalue weighted by Crippen LogP contribution is -2.32. The highest BCUT2D eigenvalue weighted by Gasteiger charge is 2.38. The summed E-state index contributed by atoms with van der Waals surface area (Å²) < 4.78 is 0. The molecule has 1 aromatic carbocycles. The average Bonchev–Trinajstić information content (AvgIpc) is 2.98.